The quantitative estimate of drug-likeness (QED) is 0.311. The van der Waals surface area contributed by atoms with E-state index in [2.05, 4.69) is 0 Å². The molecule has 0 aliphatic rings. The number of aryl methyl sites for hydroxylation is 1. The predicted molar refractivity (Wildman–Crippen MR) is 49.5 cm³/mol. The summed E-state index contributed by atoms with van der Waals surface area (Å²) in [5.41, 5.74) is -0.0974. The van der Waals surface area contributed by atoms with Crippen molar-refractivity contribution in [1.29, 1.82) is 0 Å². The molecule has 0 aliphatic heterocycles. The van der Waals surface area contributed by atoms with Crippen LogP contribution in [0.3, 0.4) is 0 Å². The zero-order valence-electron chi connectivity index (χ0n) is 8.42. The molecule has 1 aromatic rings. The maximum Gasteiger partial charge on any atom is 0.197 e. The smallest absolute Gasteiger partial charge is 0.197 e. The standard InChI is InChI=1S/C11H12F4/c1-2-3-4-5-7-6-8(12)10(14)11(15)9(7)13/h6H,2-5H2,1H3. The zero-order valence-corrected chi connectivity index (χ0v) is 8.42. The minimum absolute atomic E-state index is 0.0974. The molecular weight excluding hydrogens is 208 g/mol. The first-order valence-electron chi connectivity index (χ1n) is 4.89. The molecule has 0 unspecified atom stereocenters. The summed E-state index contributed by atoms with van der Waals surface area (Å²) in [6, 6.07) is 0.726. The second-order valence-corrected chi connectivity index (χ2v) is 3.42. The van der Waals surface area contributed by atoms with Gasteiger partial charge in [0, 0.05) is 0 Å². The van der Waals surface area contributed by atoms with Crippen LogP contribution in [0.15, 0.2) is 6.07 Å². The van der Waals surface area contributed by atoms with Crippen LogP contribution in [0.4, 0.5) is 17.6 Å². The molecule has 0 radical (unpaired) electrons. The monoisotopic (exact) mass is 220 g/mol. The highest BCUT2D eigenvalue weighted by molar-refractivity contribution is 5.21. The van der Waals surface area contributed by atoms with Crippen molar-refractivity contribution in [2.24, 2.45) is 0 Å². The van der Waals surface area contributed by atoms with E-state index >= 15 is 0 Å². The first kappa shape index (κ1) is 12.0. The fourth-order valence-corrected chi connectivity index (χ4v) is 1.37. The highest BCUT2D eigenvalue weighted by atomic mass is 19.2. The van der Waals surface area contributed by atoms with E-state index in [4.69, 9.17) is 0 Å². The van der Waals surface area contributed by atoms with Crippen molar-refractivity contribution in [2.75, 3.05) is 0 Å². The van der Waals surface area contributed by atoms with E-state index in [1.54, 1.807) is 0 Å². The number of halogens is 4. The van der Waals surface area contributed by atoms with Crippen molar-refractivity contribution in [3.05, 3.63) is 34.9 Å². The van der Waals surface area contributed by atoms with Crippen LogP contribution in [-0.4, -0.2) is 0 Å². The van der Waals surface area contributed by atoms with Gasteiger partial charge < -0.3 is 0 Å². The van der Waals surface area contributed by atoms with Gasteiger partial charge in [-0.25, -0.2) is 17.6 Å². The number of hydrogen-bond donors (Lipinski definition) is 0. The third kappa shape index (κ3) is 2.70. The second kappa shape index (κ2) is 5.14. The molecule has 1 rings (SSSR count). The summed E-state index contributed by atoms with van der Waals surface area (Å²) in [6.07, 6.45) is 2.64. The number of rotatable bonds is 4. The van der Waals surface area contributed by atoms with Crippen molar-refractivity contribution in [1.82, 2.24) is 0 Å². The Morgan fingerprint density at radius 1 is 0.933 bits per heavy atom. The molecule has 15 heavy (non-hydrogen) atoms. The lowest BCUT2D eigenvalue weighted by Crippen LogP contribution is -2.01. The van der Waals surface area contributed by atoms with Crippen LogP contribution in [0.25, 0.3) is 0 Å². The van der Waals surface area contributed by atoms with Crippen LogP contribution in [-0.2, 0) is 6.42 Å². The van der Waals surface area contributed by atoms with E-state index in [-0.39, 0.29) is 12.0 Å². The first-order chi connectivity index (χ1) is 7.07. The summed E-state index contributed by atoms with van der Waals surface area (Å²) in [6.45, 7) is 1.96. The van der Waals surface area contributed by atoms with Gasteiger partial charge in [0.05, 0.1) is 0 Å². The minimum Gasteiger partial charge on any atom is -0.204 e. The lowest BCUT2D eigenvalue weighted by atomic mass is 10.1. The van der Waals surface area contributed by atoms with Crippen molar-refractivity contribution < 1.29 is 17.6 Å². The summed E-state index contributed by atoms with van der Waals surface area (Å²) >= 11 is 0. The van der Waals surface area contributed by atoms with E-state index in [0.717, 1.165) is 18.9 Å². The van der Waals surface area contributed by atoms with Gasteiger partial charge in [-0.15, -0.1) is 0 Å². The first-order valence-corrected chi connectivity index (χ1v) is 4.89. The van der Waals surface area contributed by atoms with Gasteiger partial charge >= 0.3 is 0 Å². The topological polar surface area (TPSA) is 0 Å². The van der Waals surface area contributed by atoms with Gasteiger partial charge in [0.1, 0.15) is 0 Å². The largest absolute Gasteiger partial charge is 0.204 e. The third-order valence-corrected chi connectivity index (χ3v) is 2.23. The third-order valence-electron chi connectivity index (χ3n) is 2.23. The molecule has 0 aromatic heterocycles. The summed E-state index contributed by atoms with van der Waals surface area (Å²) < 4.78 is 51.2. The average Bonchev–Trinajstić information content (AvgIpc) is 2.23. The zero-order chi connectivity index (χ0) is 11.4. The molecule has 1 aromatic carbocycles. The van der Waals surface area contributed by atoms with Crippen LogP contribution < -0.4 is 0 Å². The van der Waals surface area contributed by atoms with Gasteiger partial charge in [0.2, 0.25) is 0 Å². The van der Waals surface area contributed by atoms with E-state index in [0.29, 0.717) is 6.42 Å². The predicted octanol–water partition coefficient (Wildman–Crippen LogP) is 3.98. The van der Waals surface area contributed by atoms with Crippen LogP contribution in [0.2, 0.25) is 0 Å². The number of benzene rings is 1. The Kier molecular flexibility index (Phi) is 4.12. The maximum atomic E-state index is 13.1. The number of unbranched alkanes of at least 4 members (excludes halogenated alkanes) is 2. The molecule has 0 saturated carbocycles. The van der Waals surface area contributed by atoms with Gasteiger partial charge in [-0.1, -0.05) is 19.8 Å². The Morgan fingerprint density at radius 3 is 2.20 bits per heavy atom. The highest BCUT2D eigenvalue weighted by Crippen LogP contribution is 2.20. The lowest BCUT2D eigenvalue weighted by Gasteiger charge is -2.05. The van der Waals surface area contributed by atoms with Gasteiger partial charge in [-0.05, 0) is 24.5 Å². The van der Waals surface area contributed by atoms with Crippen molar-refractivity contribution in [3.8, 4) is 0 Å². The van der Waals surface area contributed by atoms with Crippen LogP contribution in [0, 0.1) is 23.3 Å². The van der Waals surface area contributed by atoms with Crippen LogP contribution >= 0.6 is 0 Å². The fourth-order valence-electron chi connectivity index (χ4n) is 1.37. The Morgan fingerprint density at radius 2 is 1.60 bits per heavy atom. The molecule has 0 N–H and O–H groups in total. The Balaban J connectivity index is 2.89. The Labute approximate surface area is 85.9 Å². The lowest BCUT2D eigenvalue weighted by molar-refractivity contribution is 0.403. The van der Waals surface area contributed by atoms with Crippen molar-refractivity contribution in [3.63, 3.8) is 0 Å². The summed E-state index contributed by atoms with van der Waals surface area (Å²) in [5.74, 6) is -6.07. The summed E-state index contributed by atoms with van der Waals surface area (Å²) in [4.78, 5) is 0. The molecule has 0 atom stereocenters. The summed E-state index contributed by atoms with van der Waals surface area (Å²) in [7, 11) is 0. The summed E-state index contributed by atoms with van der Waals surface area (Å²) in [5, 5.41) is 0. The van der Waals surface area contributed by atoms with E-state index in [1.165, 1.54) is 0 Å². The second-order valence-electron chi connectivity index (χ2n) is 3.42. The Hall–Kier alpha value is -1.06. The molecule has 0 nitrogen and oxygen atoms in total. The molecule has 4 heteroatoms. The van der Waals surface area contributed by atoms with Gasteiger partial charge in [0.15, 0.2) is 23.3 Å². The average molecular weight is 220 g/mol. The van der Waals surface area contributed by atoms with E-state index < -0.39 is 23.3 Å². The van der Waals surface area contributed by atoms with Crippen molar-refractivity contribution in [2.45, 2.75) is 32.6 Å². The maximum absolute atomic E-state index is 13.1. The van der Waals surface area contributed by atoms with Gasteiger partial charge in [-0.2, -0.15) is 0 Å². The molecular formula is C11H12F4. The van der Waals surface area contributed by atoms with E-state index in [9.17, 15) is 17.6 Å². The van der Waals surface area contributed by atoms with Crippen LogP contribution in [0.1, 0.15) is 31.7 Å². The van der Waals surface area contributed by atoms with Gasteiger partial charge in [-0.3, -0.25) is 0 Å². The molecule has 0 heterocycles. The normalized spacial score (nSPS) is 10.7. The fraction of sp³-hybridized carbons (Fsp3) is 0.455. The molecule has 0 spiro atoms. The highest BCUT2D eigenvalue weighted by Gasteiger charge is 2.17. The van der Waals surface area contributed by atoms with Gasteiger partial charge in [0.25, 0.3) is 0 Å². The minimum atomic E-state index is -1.74. The molecule has 84 valence electrons. The molecule has 0 saturated heterocycles. The molecule has 0 amide bonds. The molecule has 0 bridgehead atoms. The Bertz CT molecular complexity index is 347. The number of hydrogen-bond acceptors (Lipinski definition) is 0. The van der Waals surface area contributed by atoms with Crippen LogP contribution in [0.5, 0.6) is 0 Å². The van der Waals surface area contributed by atoms with E-state index in [1.807, 2.05) is 6.92 Å². The molecule has 0 fully saturated rings. The molecule has 0 aliphatic carbocycles. The van der Waals surface area contributed by atoms with Crippen molar-refractivity contribution >= 4 is 0 Å². The SMILES string of the molecule is CCCCCc1cc(F)c(F)c(F)c1F.